The van der Waals surface area contributed by atoms with Gasteiger partial charge in [-0.25, -0.2) is 0 Å². The van der Waals surface area contributed by atoms with Crippen LogP contribution in [-0.4, -0.2) is 46.1 Å². The highest BCUT2D eigenvalue weighted by molar-refractivity contribution is 6.00. The van der Waals surface area contributed by atoms with E-state index in [0.29, 0.717) is 18.9 Å². The summed E-state index contributed by atoms with van der Waals surface area (Å²) in [5.41, 5.74) is 4.42. The molecule has 1 aromatic carbocycles. The summed E-state index contributed by atoms with van der Waals surface area (Å²) in [5.74, 6) is 0.372. The van der Waals surface area contributed by atoms with Crippen LogP contribution in [0.1, 0.15) is 23.1 Å². The third-order valence-electron chi connectivity index (χ3n) is 5.75. The van der Waals surface area contributed by atoms with Crippen molar-refractivity contribution in [2.45, 2.75) is 33.7 Å². The fourth-order valence-corrected chi connectivity index (χ4v) is 3.97. The summed E-state index contributed by atoms with van der Waals surface area (Å²) in [6.45, 7) is 8.97. The van der Waals surface area contributed by atoms with Crippen molar-refractivity contribution in [2.24, 2.45) is 11.8 Å². The van der Waals surface area contributed by atoms with E-state index in [1.165, 1.54) is 5.56 Å². The summed E-state index contributed by atoms with van der Waals surface area (Å²) in [6, 6.07) is 6.04. The van der Waals surface area contributed by atoms with Crippen molar-refractivity contribution >= 4 is 17.5 Å². The second-order valence-electron chi connectivity index (χ2n) is 8.02. The second-order valence-corrected chi connectivity index (χ2v) is 8.02. The number of aryl methyl sites for hydroxylation is 3. The number of aromatic nitrogens is 2. The van der Waals surface area contributed by atoms with Crippen molar-refractivity contribution < 1.29 is 9.59 Å². The monoisotopic (exact) mass is 366 g/mol. The molecule has 2 amide bonds. The van der Waals surface area contributed by atoms with Crippen LogP contribution in [0.15, 0.2) is 30.6 Å². The largest absolute Gasteiger partial charge is 0.342 e. The molecule has 0 N–H and O–H groups in total. The minimum Gasteiger partial charge on any atom is -0.342 e. The van der Waals surface area contributed by atoms with Crippen LogP contribution in [0.5, 0.6) is 0 Å². The molecule has 0 bridgehead atoms. The van der Waals surface area contributed by atoms with Crippen LogP contribution in [-0.2, 0) is 16.1 Å². The molecular weight excluding hydrogens is 340 g/mol. The zero-order valence-corrected chi connectivity index (χ0v) is 16.2. The van der Waals surface area contributed by atoms with Gasteiger partial charge in [0.05, 0.1) is 12.1 Å². The molecule has 0 spiro atoms. The van der Waals surface area contributed by atoms with E-state index in [1.54, 1.807) is 4.90 Å². The minimum atomic E-state index is -0.230. The molecule has 1 unspecified atom stereocenters. The van der Waals surface area contributed by atoms with Gasteiger partial charge in [-0.2, -0.15) is 5.10 Å². The summed E-state index contributed by atoms with van der Waals surface area (Å²) < 4.78 is 1.95. The molecule has 2 aliphatic heterocycles. The van der Waals surface area contributed by atoms with Crippen LogP contribution >= 0.6 is 0 Å². The number of rotatable bonds is 4. The van der Waals surface area contributed by atoms with E-state index in [1.807, 2.05) is 54.0 Å². The third-order valence-corrected chi connectivity index (χ3v) is 5.75. The van der Waals surface area contributed by atoms with E-state index in [-0.39, 0.29) is 17.7 Å². The van der Waals surface area contributed by atoms with Gasteiger partial charge < -0.3 is 9.80 Å². The maximum Gasteiger partial charge on any atom is 0.228 e. The Kier molecular flexibility index (Phi) is 4.50. The van der Waals surface area contributed by atoms with Gasteiger partial charge in [-0.3, -0.25) is 14.3 Å². The average Bonchev–Trinajstić information content (AvgIpc) is 3.18. The molecule has 2 aliphatic rings. The van der Waals surface area contributed by atoms with E-state index < -0.39 is 0 Å². The average molecular weight is 366 g/mol. The SMILES string of the molecule is Cc1cnn(CC2CN(C(=O)C3CC(=O)N(c4ccc(C)c(C)c4)C3)C2)c1. The van der Waals surface area contributed by atoms with E-state index in [2.05, 4.69) is 12.0 Å². The third kappa shape index (κ3) is 3.48. The maximum atomic E-state index is 12.8. The van der Waals surface area contributed by atoms with Gasteiger partial charge in [-0.05, 0) is 49.6 Å². The highest BCUT2D eigenvalue weighted by atomic mass is 16.2. The predicted octanol–water partition coefficient (Wildman–Crippen LogP) is 2.32. The number of likely N-dealkylation sites (tertiary alicyclic amines) is 1. The fraction of sp³-hybridized carbons (Fsp3) is 0.476. The smallest absolute Gasteiger partial charge is 0.228 e. The van der Waals surface area contributed by atoms with Crippen LogP contribution in [0.2, 0.25) is 0 Å². The lowest BCUT2D eigenvalue weighted by Crippen LogP contribution is -2.53. The molecule has 3 heterocycles. The fourth-order valence-electron chi connectivity index (χ4n) is 3.97. The molecule has 2 saturated heterocycles. The lowest BCUT2D eigenvalue weighted by Gasteiger charge is -2.40. The molecule has 0 aliphatic carbocycles. The lowest BCUT2D eigenvalue weighted by molar-refractivity contribution is -0.142. The standard InChI is InChI=1S/C21H26N4O2/c1-14-8-22-24(9-14)12-17-10-23(11-17)21(27)18-7-20(26)25(13-18)19-5-4-15(2)16(3)6-19/h4-6,8-9,17-18H,7,10-13H2,1-3H3. The first-order chi connectivity index (χ1) is 12.9. The Labute approximate surface area is 159 Å². The summed E-state index contributed by atoms with van der Waals surface area (Å²) in [4.78, 5) is 28.9. The highest BCUT2D eigenvalue weighted by Crippen LogP contribution is 2.29. The first-order valence-electron chi connectivity index (χ1n) is 9.56. The highest BCUT2D eigenvalue weighted by Gasteiger charge is 2.40. The number of carbonyl (C=O) groups excluding carboxylic acids is 2. The van der Waals surface area contributed by atoms with Gasteiger partial charge in [-0.1, -0.05) is 6.07 Å². The number of nitrogens with zero attached hydrogens (tertiary/aromatic N) is 4. The van der Waals surface area contributed by atoms with Crippen LogP contribution < -0.4 is 4.90 Å². The summed E-state index contributed by atoms with van der Waals surface area (Å²) in [5, 5.41) is 4.31. The second kappa shape index (κ2) is 6.83. The predicted molar refractivity (Wildman–Crippen MR) is 103 cm³/mol. The maximum absolute atomic E-state index is 12.8. The Hall–Kier alpha value is -2.63. The molecule has 0 radical (unpaired) electrons. The first-order valence-corrected chi connectivity index (χ1v) is 9.56. The molecule has 4 rings (SSSR count). The Bertz CT molecular complexity index is 882. The number of hydrogen-bond donors (Lipinski definition) is 0. The molecule has 6 nitrogen and oxygen atoms in total. The van der Waals surface area contributed by atoms with Gasteiger partial charge in [0.25, 0.3) is 0 Å². The number of carbonyl (C=O) groups is 2. The van der Waals surface area contributed by atoms with Gasteiger partial charge >= 0.3 is 0 Å². The van der Waals surface area contributed by atoms with Gasteiger partial charge in [0.15, 0.2) is 0 Å². The normalized spacial score (nSPS) is 20.3. The van der Waals surface area contributed by atoms with Gasteiger partial charge in [0.1, 0.15) is 0 Å². The van der Waals surface area contributed by atoms with Gasteiger partial charge in [-0.15, -0.1) is 0 Å². The summed E-state index contributed by atoms with van der Waals surface area (Å²) >= 11 is 0. The van der Waals surface area contributed by atoms with Crippen LogP contribution in [0.25, 0.3) is 0 Å². The van der Waals surface area contributed by atoms with Crippen molar-refractivity contribution in [1.29, 1.82) is 0 Å². The van der Waals surface area contributed by atoms with Crippen molar-refractivity contribution in [3.05, 3.63) is 47.3 Å². The zero-order chi connectivity index (χ0) is 19.1. The van der Waals surface area contributed by atoms with E-state index in [9.17, 15) is 9.59 Å². The van der Waals surface area contributed by atoms with Crippen molar-refractivity contribution in [3.63, 3.8) is 0 Å². The van der Waals surface area contributed by atoms with E-state index >= 15 is 0 Å². The molecule has 1 atom stereocenters. The summed E-state index contributed by atoms with van der Waals surface area (Å²) in [6.07, 6.45) is 4.19. The van der Waals surface area contributed by atoms with Crippen molar-refractivity contribution in [2.75, 3.05) is 24.5 Å². The van der Waals surface area contributed by atoms with Crippen molar-refractivity contribution in [3.8, 4) is 0 Å². The molecule has 6 heteroatoms. The van der Waals surface area contributed by atoms with Crippen LogP contribution in [0.3, 0.4) is 0 Å². The van der Waals surface area contributed by atoms with E-state index in [0.717, 1.165) is 36.4 Å². The zero-order valence-electron chi connectivity index (χ0n) is 16.2. The van der Waals surface area contributed by atoms with E-state index in [4.69, 9.17) is 0 Å². The first kappa shape index (κ1) is 17.8. The topological polar surface area (TPSA) is 58.4 Å². The number of hydrogen-bond acceptors (Lipinski definition) is 3. The summed E-state index contributed by atoms with van der Waals surface area (Å²) in [7, 11) is 0. The minimum absolute atomic E-state index is 0.0423. The number of amides is 2. The number of benzene rings is 1. The van der Waals surface area contributed by atoms with Gasteiger partial charge in [0.2, 0.25) is 11.8 Å². The molecule has 142 valence electrons. The molecule has 2 aromatic rings. The lowest BCUT2D eigenvalue weighted by atomic mass is 9.96. The number of anilines is 1. The van der Waals surface area contributed by atoms with Crippen molar-refractivity contribution in [1.82, 2.24) is 14.7 Å². The molecular formula is C21H26N4O2. The molecule has 27 heavy (non-hydrogen) atoms. The Morgan fingerprint density at radius 1 is 1.15 bits per heavy atom. The van der Waals surface area contributed by atoms with Gasteiger partial charge in [0, 0.05) is 50.4 Å². The van der Waals surface area contributed by atoms with Crippen LogP contribution in [0.4, 0.5) is 5.69 Å². The molecule has 1 aromatic heterocycles. The molecule has 2 fully saturated rings. The Morgan fingerprint density at radius 2 is 1.93 bits per heavy atom. The van der Waals surface area contributed by atoms with Crippen LogP contribution in [0, 0.1) is 32.6 Å². The molecule has 0 saturated carbocycles. The Morgan fingerprint density at radius 3 is 2.59 bits per heavy atom. The quantitative estimate of drug-likeness (QED) is 0.834. The Balaban J connectivity index is 1.34.